The van der Waals surface area contributed by atoms with Gasteiger partial charge >= 0.3 is 0 Å². The van der Waals surface area contributed by atoms with E-state index in [0.717, 1.165) is 28.9 Å². The highest BCUT2D eigenvalue weighted by Gasteiger charge is 2.12. The van der Waals surface area contributed by atoms with Gasteiger partial charge in [0.2, 0.25) is 0 Å². The largest absolute Gasteiger partial charge is 0.310 e. The lowest BCUT2D eigenvalue weighted by Gasteiger charge is -2.18. The van der Waals surface area contributed by atoms with Gasteiger partial charge in [0.05, 0.1) is 0 Å². The van der Waals surface area contributed by atoms with Gasteiger partial charge in [0.25, 0.3) is 0 Å². The van der Waals surface area contributed by atoms with Crippen molar-refractivity contribution in [3.8, 4) is 0 Å². The van der Waals surface area contributed by atoms with Gasteiger partial charge in [0.15, 0.2) is 0 Å². The summed E-state index contributed by atoms with van der Waals surface area (Å²) in [5.74, 6) is 0. The van der Waals surface area contributed by atoms with Crippen LogP contribution in [0.5, 0.6) is 0 Å². The summed E-state index contributed by atoms with van der Waals surface area (Å²) >= 11 is 9.48. The lowest BCUT2D eigenvalue weighted by molar-refractivity contribution is 0.535. The minimum absolute atomic E-state index is 0.309. The molecule has 0 heterocycles. The molecule has 0 fully saturated rings. The topological polar surface area (TPSA) is 12.0 Å². The van der Waals surface area contributed by atoms with Crippen molar-refractivity contribution < 1.29 is 0 Å². The van der Waals surface area contributed by atoms with Crippen molar-refractivity contribution >= 4 is 27.5 Å². The zero-order valence-electron chi connectivity index (χ0n) is 9.47. The molecule has 0 saturated carbocycles. The Labute approximate surface area is 111 Å². The number of hydrogen-bond donors (Lipinski definition) is 1. The van der Waals surface area contributed by atoms with E-state index in [0.29, 0.717) is 6.04 Å². The Morgan fingerprint density at radius 1 is 1.56 bits per heavy atom. The molecule has 0 aliphatic rings. The molecule has 1 nitrogen and oxygen atoms in total. The molecule has 16 heavy (non-hydrogen) atoms. The molecule has 0 aromatic heterocycles. The third-order valence-electron chi connectivity index (χ3n) is 2.38. The van der Waals surface area contributed by atoms with Crippen LogP contribution in [0.25, 0.3) is 0 Å². The van der Waals surface area contributed by atoms with Gasteiger partial charge in [-0.1, -0.05) is 46.6 Å². The first-order valence-electron chi connectivity index (χ1n) is 5.48. The second-order valence-corrected chi connectivity index (χ2v) is 4.99. The predicted octanol–water partition coefficient (Wildman–Crippen LogP) is 4.72. The van der Waals surface area contributed by atoms with Gasteiger partial charge < -0.3 is 5.32 Å². The van der Waals surface area contributed by atoms with Crippen LogP contribution in [0.3, 0.4) is 0 Å². The molecule has 0 saturated heterocycles. The minimum atomic E-state index is 0.309. The molecule has 0 radical (unpaired) electrons. The van der Waals surface area contributed by atoms with Gasteiger partial charge in [-0.2, -0.15) is 0 Å². The van der Waals surface area contributed by atoms with Crippen molar-refractivity contribution in [2.24, 2.45) is 0 Å². The number of benzene rings is 1. The van der Waals surface area contributed by atoms with E-state index in [1.54, 1.807) is 0 Å². The molecule has 1 unspecified atom stereocenters. The fourth-order valence-electron chi connectivity index (χ4n) is 1.59. The number of halogens is 2. The molecule has 0 aliphatic heterocycles. The van der Waals surface area contributed by atoms with Crippen LogP contribution in [-0.2, 0) is 0 Å². The summed E-state index contributed by atoms with van der Waals surface area (Å²) in [6.45, 7) is 6.97. The molecule has 1 aromatic carbocycles. The molecule has 1 N–H and O–H groups in total. The van der Waals surface area contributed by atoms with E-state index in [9.17, 15) is 0 Å². The number of nitrogens with one attached hydrogen (secondary N) is 1. The maximum absolute atomic E-state index is 5.93. The summed E-state index contributed by atoms with van der Waals surface area (Å²) in [4.78, 5) is 0. The van der Waals surface area contributed by atoms with Crippen molar-refractivity contribution in [1.29, 1.82) is 0 Å². The third-order valence-corrected chi connectivity index (χ3v) is 3.30. The molecule has 88 valence electrons. The first-order chi connectivity index (χ1) is 7.69. The van der Waals surface area contributed by atoms with Crippen molar-refractivity contribution in [1.82, 2.24) is 5.32 Å². The molecular formula is C13H17BrClN. The zero-order chi connectivity index (χ0) is 12.0. The Morgan fingerprint density at radius 2 is 2.31 bits per heavy atom. The van der Waals surface area contributed by atoms with Crippen LogP contribution >= 0.6 is 27.5 Å². The molecule has 3 heteroatoms. The van der Waals surface area contributed by atoms with Gasteiger partial charge in [0.1, 0.15) is 0 Å². The van der Waals surface area contributed by atoms with Crippen LogP contribution in [0.4, 0.5) is 0 Å². The predicted molar refractivity (Wildman–Crippen MR) is 75.0 cm³/mol. The normalized spacial score (nSPS) is 12.4. The number of rotatable bonds is 6. The van der Waals surface area contributed by atoms with Crippen LogP contribution in [0.1, 0.15) is 31.4 Å². The second-order valence-electron chi connectivity index (χ2n) is 3.70. The summed E-state index contributed by atoms with van der Waals surface area (Å²) in [7, 11) is 0. The van der Waals surface area contributed by atoms with E-state index in [2.05, 4.69) is 40.8 Å². The van der Waals surface area contributed by atoms with Gasteiger partial charge in [0, 0.05) is 15.5 Å². The summed E-state index contributed by atoms with van der Waals surface area (Å²) < 4.78 is 1.05. The highest BCUT2D eigenvalue weighted by molar-refractivity contribution is 9.10. The Kier molecular flexibility index (Phi) is 6.10. The van der Waals surface area contributed by atoms with Crippen molar-refractivity contribution in [2.45, 2.75) is 25.8 Å². The average Bonchev–Trinajstić information content (AvgIpc) is 2.25. The Morgan fingerprint density at radius 3 is 2.88 bits per heavy atom. The van der Waals surface area contributed by atoms with E-state index in [1.807, 2.05) is 18.2 Å². The first kappa shape index (κ1) is 13.8. The van der Waals surface area contributed by atoms with E-state index in [4.69, 9.17) is 11.6 Å². The van der Waals surface area contributed by atoms with Crippen molar-refractivity contribution in [3.63, 3.8) is 0 Å². The first-order valence-corrected chi connectivity index (χ1v) is 6.65. The second kappa shape index (κ2) is 7.10. The maximum atomic E-state index is 5.93. The van der Waals surface area contributed by atoms with Crippen LogP contribution in [0.15, 0.2) is 35.3 Å². The smallest absolute Gasteiger partial charge is 0.0417 e. The van der Waals surface area contributed by atoms with E-state index in [1.165, 1.54) is 5.56 Å². The minimum Gasteiger partial charge on any atom is -0.310 e. The van der Waals surface area contributed by atoms with E-state index in [-0.39, 0.29) is 0 Å². The quantitative estimate of drug-likeness (QED) is 0.750. The lowest BCUT2D eigenvalue weighted by atomic mass is 10.0. The molecule has 0 aliphatic carbocycles. The average molecular weight is 303 g/mol. The highest BCUT2D eigenvalue weighted by atomic mass is 79.9. The Hall–Kier alpha value is -0.310. The fraction of sp³-hybridized carbons (Fsp3) is 0.385. The van der Waals surface area contributed by atoms with Crippen molar-refractivity contribution in [2.75, 3.05) is 6.54 Å². The standard InChI is InChI=1S/C13H17BrClN/c1-3-5-13(16-8-4-2)11-7-6-10(15)9-12(11)14/h3,6-7,9,13,16H,1,4-5,8H2,2H3. The fourth-order valence-corrected chi connectivity index (χ4v) is 2.55. The monoisotopic (exact) mass is 301 g/mol. The van der Waals surface area contributed by atoms with Crippen molar-refractivity contribution in [3.05, 3.63) is 45.9 Å². The van der Waals surface area contributed by atoms with Crippen LogP contribution in [0, 0.1) is 0 Å². The lowest BCUT2D eigenvalue weighted by Crippen LogP contribution is -2.21. The molecular weight excluding hydrogens is 286 g/mol. The molecule has 0 bridgehead atoms. The zero-order valence-corrected chi connectivity index (χ0v) is 11.8. The van der Waals surface area contributed by atoms with Crippen LogP contribution in [0.2, 0.25) is 5.02 Å². The van der Waals surface area contributed by atoms with Gasteiger partial charge in [-0.3, -0.25) is 0 Å². The van der Waals surface area contributed by atoms with E-state index >= 15 is 0 Å². The SMILES string of the molecule is C=CCC(NCCC)c1ccc(Cl)cc1Br. The molecule has 1 aromatic rings. The molecule has 0 amide bonds. The Bertz CT molecular complexity index is 352. The number of hydrogen-bond acceptors (Lipinski definition) is 1. The van der Waals surface area contributed by atoms with Crippen LogP contribution < -0.4 is 5.32 Å². The summed E-state index contributed by atoms with van der Waals surface area (Å²) in [6.07, 6.45) is 3.98. The van der Waals surface area contributed by atoms with Gasteiger partial charge in [-0.15, -0.1) is 6.58 Å². The summed E-state index contributed by atoms with van der Waals surface area (Å²) in [5.41, 5.74) is 1.23. The molecule has 0 spiro atoms. The Balaban J connectivity index is 2.86. The van der Waals surface area contributed by atoms with Gasteiger partial charge in [-0.25, -0.2) is 0 Å². The highest BCUT2D eigenvalue weighted by Crippen LogP contribution is 2.28. The molecule has 1 atom stereocenters. The van der Waals surface area contributed by atoms with Crippen LogP contribution in [-0.4, -0.2) is 6.54 Å². The maximum Gasteiger partial charge on any atom is 0.0417 e. The third kappa shape index (κ3) is 3.93. The van der Waals surface area contributed by atoms with Gasteiger partial charge in [-0.05, 0) is 37.1 Å². The molecule has 1 rings (SSSR count). The summed E-state index contributed by atoms with van der Waals surface area (Å²) in [6, 6.07) is 6.22. The summed E-state index contributed by atoms with van der Waals surface area (Å²) in [5, 5.41) is 4.26. The van der Waals surface area contributed by atoms with E-state index < -0.39 is 0 Å².